The summed E-state index contributed by atoms with van der Waals surface area (Å²) in [6.45, 7) is 19.4. The van der Waals surface area contributed by atoms with Gasteiger partial charge in [0.2, 0.25) is 0 Å². The average Bonchev–Trinajstić information content (AvgIpc) is 3.09. The molecule has 3 nitrogen and oxygen atoms in total. The molecule has 0 aliphatic carbocycles. The topological polar surface area (TPSA) is 32.5 Å². The van der Waals surface area contributed by atoms with Gasteiger partial charge in [-0.25, -0.2) is 0 Å². The molecule has 1 unspecified atom stereocenters. The van der Waals surface area contributed by atoms with Crippen LogP contribution < -0.4 is 15.5 Å². The quantitative estimate of drug-likeness (QED) is 0.0774. The molecular formula is C47H55N3. The molecule has 0 amide bonds. The first-order chi connectivity index (χ1) is 24.1. The highest BCUT2D eigenvalue weighted by atomic mass is 15.1. The Kier molecular flexibility index (Phi) is 12.0. The van der Waals surface area contributed by atoms with Crippen LogP contribution in [0.15, 0.2) is 133 Å². The van der Waals surface area contributed by atoms with E-state index in [2.05, 4.69) is 187 Å². The molecule has 50 heavy (non-hydrogen) atoms. The van der Waals surface area contributed by atoms with Crippen molar-refractivity contribution >= 4 is 33.5 Å². The first kappa shape index (κ1) is 36.3. The molecule has 0 aliphatic heterocycles. The highest BCUT2D eigenvalue weighted by molar-refractivity contribution is 5.96. The Hall–Kier alpha value is -5.02. The van der Waals surface area contributed by atoms with Gasteiger partial charge in [0.1, 0.15) is 0 Å². The van der Waals surface area contributed by atoms with E-state index in [-0.39, 0.29) is 5.92 Å². The number of nitrogens with two attached hydrogens (primary N) is 1. The Labute approximate surface area is 301 Å². The van der Waals surface area contributed by atoms with Gasteiger partial charge in [0.15, 0.2) is 0 Å². The third-order valence-electron chi connectivity index (χ3n) is 9.46. The van der Waals surface area contributed by atoms with Crippen molar-refractivity contribution in [1.29, 1.82) is 0 Å². The van der Waals surface area contributed by atoms with E-state index >= 15 is 0 Å². The second kappa shape index (κ2) is 16.6. The molecule has 5 aromatic rings. The molecule has 1 atom stereocenters. The zero-order valence-electron chi connectivity index (χ0n) is 31.4. The summed E-state index contributed by atoms with van der Waals surface area (Å²) in [6.07, 6.45) is 10.9. The van der Waals surface area contributed by atoms with Gasteiger partial charge in [0.05, 0.1) is 0 Å². The fraction of sp³-hybridized carbons (Fsp3) is 0.277. The van der Waals surface area contributed by atoms with E-state index in [1.54, 1.807) is 0 Å². The maximum absolute atomic E-state index is 6.52. The Bertz CT molecular complexity index is 1970. The van der Waals surface area contributed by atoms with Gasteiger partial charge in [-0.05, 0) is 123 Å². The normalized spacial score (nSPS) is 12.9. The molecule has 0 radical (unpaired) electrons. The summed E-state index contributed by atoms with van der Waals surface area (Å²) in [6, 6.07) is 35.9. The molecule has 0 aromatic heterocycles. The second-order valence-electron chi connectivity index (χ2n) is 13.8. The first-order valence-corrected chi connectivity index (χ1v) is 18.2. The lowest BCUT2D eigenvalue weighted by molar-refractivity contribution is 0.875. The van der Waals surface area contributed by atoms with Crippen molar-refractivity contribution in [2.24, 2.45) is 0 Å². The third kappa shape index (κ3) is 8.22. The lowest BCUT2D eigenvalue weighted by atomic mass is 9.82. The molecule has 2 N–H and O–H groups in total. The van der Waals surface area contributed by atoms with E-state index in [1.165, 1.54) is 67.0 Å². The second-order valence-corrected chi connectivity index (χ2v) is 13.8. The van der Waals surface area contributed by atoms with Crippen LogP contribution in [0, 0.1) is 20.8 Å². The van der Waals surface area contributed by atoms with Crippen LogP contribution in [0.3, 0.4) is 0 Å². The van der Waals surface area contributed by atoms with Crippen molar-refractivity contribution in [3.63, 3.8) is 0 Å². The van der Waals surface area contributed by atoms with Crippen molar-refractivity contribution in [3.8, 4) is 0 Å². The maximum Gasteiger partial charge on any atom is 0.0470 e. The first-order valence-electron chi connectivity index (χ1n) is 18.2. The summed E-state index contributed by atoms with van der Waals surface area (Å²) in [5, 5.41) is 2.29. The minimum atomic E-state index is 0.0365. The molecule has 0 aliphatic rings. The van der Waals surface area contributed by atoms with E-state index in [9.17, 15) is 0 Å². The van der Waals surface area contributed by atoms with E-state index in [0.29, 0.717) is 0 Å². The van der Waals surface area contributed by atoms with Crippen molar-refractivity contribution in [1.82, 2.24) is 0 Å². The van der Waals surface area contributed by atoms with Gasteiger partial charge in [-0.1, -0.05) is 110 Å². The van der Waals surface area contributed by atoms with E-state index in [4.69, 9.17) is 5.73 Å². The van der Waals surface area contributed by atoms with Crippen LogP contribution in [0.1, 0.15) is 86.8 Å². The highest BCUT2D eigenvalue weighted by Gasteiger charge is 2.22. The van der Waals surface area contributed by atoms with Gasteiger partial charge in [-0.3, -0.25) is 0 Å². The Balaban J connectivity index is 1.59. The molecule has 5 rings (SSSR count). The number of hydrogen-bond donors (Lipinski definition) is 1. The van der Waals surface area contributed by atoms with Gasteiger partial charge in [-0.15, -0.1) is 0 Å². The summed E-state index contributed by atoms with van der Waals surface area (Å²) in [7, 11) is 0. The number of rotatable bonds is 13. The largest absolute Gasteiger partial charge is 0.398 e. The van der Waals surface area contributed by atoms with Gasteiger partial charge in [-0.2, -0.15) is 0 Å². The standard InChI is InChI=1S/C47H55N3/c1-9-14-33(4)29-35(6)32-49(27-10-2)40-21-17-38(18-22-40)46(44-25-26-45(48)43-16-13-12-15-42(43)44)39-19-23-41(24-20-39)50(28-11-3)47-36(7)30-34(5)31-37(47)8/h9,12-26,29-32,46H,10-11,27-28,48H2,1-8H3/b14-9+,33-29-,35-32+. The van der Waals surface area contributed by atoms with Gasteiger partial charge in [0, 0.05) is 53.3 Å². The number of allylic oxidation sites excluding steroid dienone is 5. The average molecular weight is 662 g/mol. The molecule has 0 bridgehead atoms. The molecular weight excluding hydrogens is 607 g/mol. The summed E-state index contributed by atoms with van der Waals surface area (Å²) in [4.78, 5) is 4.86. The van der Waals surface area contributed by atoms with Crippen LogP contribution in [0.5, 0.6) is 0 Å². The number of nitrogens with zero attached hydrogens (tertiary/aromatic N) is 2. The number of anilines is 4. The van der Waals surface area contributed by atoms with Crippen LogP contribution >= 0.6 is 0 Å². The zero-order chi connectivity index (χ0) is 35.8. The number of fused-ring (bicyclic) bond motifs is 1. The molecule has 3 heteroatoms. The van der Waals surface area contributed by atoms with Crippen LogP contribution in [0.4, 0.5) is 22.7 Å². The van der Waals surface area contributed by atoms with Gasteiger partial charge < -0.3 is 15.5 Å². The molecule has 0 saturated carbocycles. The summed E-state index contributed by atoms with van der Waals surface area (Å²) in [5.74, 6) is 0.0365. The van der Waals surface area contributed by atoms with Crippen molar-refractivity contribution in [2.45, 2.75) is 74.1 Å². The lowest BCUT2D eigenvalue weighted by Gasteiger charge is -2.29. The van der Waals surface area contributed by atoms with Gasteiger partial charge in [0.25, 0.3) is 0 Å². The maximum atomic E-state index is 6.52. The predicted octanol–water partition coefficient (Wildman–Crippen LogP) is 12.7. The minimum Gasteiger partial charge on any atom is -0.398 e. The Morgan fingerprint density at radius 1 is 0.700 bits per heavy atom. The smallest absolute Gasteiger partial charge is 0.0470 e. The number of hydrogen-bond acceptors (Lipinski definition) is 3. The van der Waals surface area contributed by atoms with Crippen molar-refractivity contribution < 1.29 is 0 Å². The Morgan fingerprint density at radius 2 is 1.28 bits per heavy atom. The summed E-state index contributed by atoms with van der Waals surface area (Å²) in [5.41, 5.74) is 21.3. The lowest BCUT2D eigenvalue weighted by Crippen LogP contribution is -2.20. The molecule has 0 saturated heterocycles. The van der Waals surface area contributed by atoms with E-state index in [0.717, 1.165) is 37.0 Å². The summed E-state index contributed by atoms with van der Waals surface area (Å²) >= 11 is 0. The molecule has 0 fully saturated rings. The minimum absolute atomic E-state index is 0.0365. The van der Waals surface area contributed by atoms with Gasteiger partial charge >= 0.3 is 0 Å². The van der Waals surface area contributed by atoms with Crippen LogP contribution in [0.2, 0.25) is 0 Å². The van der Waals surface area contributed by atoms with Crippen LogP contribution in [0.25, 0.3) is 10.8 Å². The SMILES string of the molecule is C/C=C/C(C)=C\C(C)=C\N(CCC)c1ccc(C(c2ccc(N(CCC)c3c(C)cc(C)cc3C)cc2)c2ccc(N)c3ccccc23)cc1. The van der Waals surface area contributed by atoms with Crippen molar-refractivity contribution in [2.75, 3.05) is 28.6 Å². The monoisotopic (exact) mass is 661 g/mol. The Morgan fingerprint density at radius 3 is 1.86 bits per heavy atom. The number of nitrogen functional groups attached to an aromatic ring is 1. The van der Waals surface area contributed by atoms with E-state index in [1.807, 2.05) is 0 Å². The summed E-state index contributed by atoms with van der Waals surface area (Å²) < 4.78 is 0. The van der Waals surface area contributed by atoms with Crippen LogP contribution in [-0.2, 0) is 0 Å². The third-order valence-corrected chi connectivity index (χ3v) is 9.46. The molecule has 258 valence electrons. The number of aryl methyl sites for hydroxylation is 3. The molecule has 0 spiro atoms. The fourth-order valence-corrected chi connectivity index (χ4v) is 7.51. The van der Waals surface area contributed by atoms with E-state index < -0.39 is 0 Å². The highest BCUT2D eigenvalue weighted by Crippen LogP contribution is 2.40. The zero-order valence-corrected chi connectivity index (χ0v) is 31.4. The molecule has 5 aromatic carbocycles. The molecule has 0 heterocycles. The van der Waals surface area contributed by atoms with Crippen molar-refractivity contribution in [3.05, 3.63) is 166 Å². The number of benzene rings is 5. The predicted molar refractivity (Wildman–Crippen MR) is 220 cm³/mol. The van der Waals surface area contributed by atoms with Crippen LogP contribution in [-0.4, -0.2) is 13.1 Å². The fourth-order valence-electron chi connectivity index (χ4n) is 7.51.